The van der Waals surface area contributed by atoms with E-state index < -0.39 is 0 Å². The molecule has 0 aromatic carbocycles. The lowest BCUT2D eigenvalue weighted by molar-refractivity contribution is 0.299. The highest BCUT2D eigenvalue weighted by Crippen LogP contribution is 2.35. The third kappa shape index (κ3) is 2.47. The normalized spacial score (nSPS) is 25.0. The van der Waals surface area contributed by atoms with Crippen molar-refractivity contribution in [3.8, 4) is 0 Å². The van der Waals surface area contributed by atoms with Crippen molar-refractivity contribution in [2.45, 2.75) is 63.6 Å². The zero-order valence-electron chi connectivity index (χ0n) is 13.4. The fourth-order valence-corrected chi connectivity index (χ4v) is 4.11. The summed E-state index contributed by atoms with van der Waals surface area (Å²) in [6.45, 7) is 3.08. The Balaban J connectivity index is 1.29. The Morgan fingerprint density at radius 2 is 2.00 bits per heavy atom. The molecule has 2 aromatic rings. The van der Waals surface area contributed by atoms with E-state index in [1.807, 2.05) is 4.68 Å². The van der Waals surface area contributed by atoms with Gasteiger partial charge in [-0.3, -0.25) is 4.90 Å². The van der Waals surface area contributed by atoms with Gasteiger partial charge in [-0.15, -0.1) is 5.10 Å². The Hall–Kier alpha value is -1.76. The third-order valence-electron chi connectivity index (χ3n) is 5.52. The molecular formula is C16H23N7. The first-order chi connectivity index (χ1) is 11.4. The molecule has 2 fully saturated rings. The van der Waals surface area contributed by atoms with Crippen LogP contribution >= 0.6 is 0 Å². The summed E-state index contributed by atoms with van der Waals surface area (Å²) in [5.74, 6) is 1.03. The van der Waals surface area contributed by atoms with Gasteiger partial charge in [-0.2, -0.15) is 0 Å². The van der Waals surface area contributed by atoms with Gasteiger partial charge in [0.05, 0.1) is 24.6 Å². The number of fused-ring (bicyclic) bond motifs is 1. The minimum atomic E-state index is 0.555. The van der Waals surface area contributed by atoms with Gasteiger partial charge < -0.3 is 4.57 Å². The molecule has 0 radical (unpaired) electrons. The van der Waals surface area contributed by atoms with Crippen LogP contribution < -0.4 is 0 Å². The molecule has 2 aliphatic carbocycles. The first kappa shape index (κ1) is 13.7. The van der Waals surface area contributed by atoms with Crippen molar-refractivity contribution in [2.75, 3.05) is 13.1 Å². The van der Waals surface area contributed by atoms with Crippen LogP contribution in [0.4, 0.5) is 0 Å². The highest BCUT2D eigenvalue weighted by Gasteiger charge is 2.31. The first-order valence-corrected chi connectivity index (χ1v) is 8.92. The van der Waals surface area contributed by atoms with Gasteiger partial charge in [0.1, 0.15) is 0 Å². The van der Waals surface area contributed by atoms with Crippen molar-refractivity contribution in [2.24, 2.45) is 0 Å². The Kier molecular flexibility index (Phi) is 3.21. The summed E-state index contributed by atoms with van der Waals surface area (Å²) in [4.78, 5) is 7.15. The molecule has 5 rings (SSSR count). The lowest BCUT2D eigenvalue weighted by atomic mass is 10.0. The van der Waals surface area contributed by atoms with Crippen LogP contribution in [0.3, 0.4) is 0 Å². The number of hydrogen-bond acceptors (Lipinski definition) is 5. The van der Waals surface area contributed by atoms with E-state index in [0.29, 0.717) is 12.1 Å². The Bertz CT molecular complexity index is 699. The molecule has 2 aromatic heterocycles. The van der Waals surface area contributed by atoms with Gasteiger partial charge in [0.25, 0.3) is 0 Å². The van der Waals surface area contributed by atoms with Crippen LogP contribution in [0.15, 0.2) is 6.33 Å². The number of rotatable bonds is 4. The summed E-state index contributed by atoms with van der Waals surface area (Å²) in [5, 5.41) is 12.3. The summed E-state index contributed by atoms with van der Waals surface area (Å²) < 4.78 is 4.49. The van der Waals surface area contributed by atoms with E-state index in [9.17, 15) is 0 Å². The zero-order chi connectivity index (χ0) is 15.2. The molecule has 3 aliphatic rings. The van der Waals surface area contributed by atoms with Crippen LogP contribution in [-0.2, 0) is 19.4 Å². The molecule has 0 spiro atoms. The number of imidazole rings is 1. The number of aromatic nitrogens is 6. The van der Waals surface area contributed by atoms with Crippen LogP contribution in [0, 0.1) is 0 Å². The molecule has 23 heavy (non-hydrogen) atoms. The first-order valence-electron chi connectivity index (χ1n) is 8.92. The van der Waals surface area contributed by atoms with Crippen molar-refractivity contribution < 1.29 is 0 Å². The SMILES string of the molecule is c1nc2c(n1C1CCN(Cc3nnnn3C3CC3)C1)CCCC2. The molecule has 1 saturated carbocycles. The summed E-state index contributed by atoms with van der Waals surface area (Å²) >= 11 is 0. The maximum Gasteiger partial charge on any atom is 0.165 e. The van der Waals surface area contributed by atoms with Gasteiger partial charge in [0.15, 0.2) is 5.82 Å². The molecule has 0 amide bonds. The monoisotopic (exact) mass is 313 g/mol. The molecule has 7 nitrogen and oxygen atoms in total. The number of likely N-dealkylation sites (tertiary alicyclic amines) is 1. The van der Waals surface area contributed by atoms with E-state index >= 15 is 0 Å². The van der Waals surface area contributed by atoms with Crippen LogP contribution in [-0.4, -0.2) is 47.7 Å². The van der Waals surface area contributed by atoms with E-state index in [4.69, 9.17) is 0 Å². The van der Waals surface area contributed by atoms with Gasteiger partial charge >= 0.3 is 0 Å². The van der Waals surface area contributed by atoms with Gasteiger partial charge in [0, 0.05) is 24.8 Å². The Labute approximate surface area is 135 Å². The van der Waals surface area contributed by atoms with E-state index in [2.05, 4.69) is 36.3 Å². The zero-order valence-corrected chi connectivity index (χ0v) is 13.4. The largest absolute Gasteiger partial charge is 0.330 e. The van der Waals surface area contributed by atoms with Crippen LogP contribution in [0.1, 0.15) is 61.4 Å². The van der Waals surface area contributed by atoms with Crippen molar-refractivity contribution in [1.29, 1.82) is 0 Å². The second-order valence-electron chi connectivity index (χ2n) is 7.20. The molecule has 1 atom stereocenters. The van der Waals surface area contributed by atoms with Crippen LogP contribution in [0.2, 0.25) is 0 Å². The summed E-state index contributed by atoms with van der Waals surface area (Å²) in [6, 6.07) is 1.12. The van der Waals surface area contributed by atoms with E-state index in [-0.39, 0.29) is 0 Å². The van der Waals surface area contributed by atoms with Crippen molar-refractivity contribution in [3.05, 3.63) is 23.5 Å². The minimum absolute atomic E-state index is 0.555. The van der Waals surface area contributed by atoms with Gasteiger partial charge in [-0.05, 0) is 55.4 Å². The molecule has 1 aliphatic heterocycles. The Morgan fingerprint density at radius 3 is 2.91 bits per heavy atom. The molecular weight excluding hydrogens is 290 g/mol. The predicted octanol–water partition coefficient (Wildman–Crippen LogP) is 1.53. The van der Waals surface area contributed by atoms with Crippen LogP contribution in [0.5, 0.6) is 0 Å². The molecule has 0 N–H and O–H groups in total. The second kappa shape index (κ2) is 5.40. The lowest BCUT2D eigenvalue weighted by Gasteiger charge is -2.20. The smallest absolute Gasteiger partial charge is 0.165 e. The molecule has 122 valence electrons. The summed E-state index contributed by atoms with van der Waals surface area (Å²) in [5.41, 5.74) is 2.83. The van der Waals surface area contributed by atoms with Gasteiger partial charge in [-0.25, -0.2) is 9.67 Å². The summed E-state index contributed by atoms with van der Waals surface area (Å²) in [6.07, 6.45) is 10.7. The summed E-state index contributed by atoms with van der Waals surface area (Å²) in [7, 11) is 0. The van der Waals surface area contributed by atoms with Gasteiger partial charge in [0.2, 0.25) is 0 Å². The standard InChI is InChI=1S/C16H23N7/c1-2-4-15-14(3-1)17-11-22(15)13-7-8-21(9-13)10-16-18-19-20-23(16)12-5-6-12/h11-13H,1-10H2. The molecule has 1 saturated heterocycles. The number of hydrogen-bond donors (Lipinski definition) is 0. The molecule has 0 bridgehead atoms. The topological polar surface area (TPSA) is 64.7 Å². The maximum atomic E-state index is 4.66. The van der Waals surface area contributed by atoms with E-state index in [1.54, 1.807) is 0 Å². The molecule has 1 unspecified atom stereocenters. The average molecular weight is 313 g/mol. The quantitative estimate of drug-likeness (QED) is 0.856. The molecule has 3 heterocycles. The average Bonchev–Trinajstić information content (AvgIpc) is 3.00. The van der Waals surface area contributed by atoms with Crippen molar-refractivity contribution in [3.63, 3.8) is 0 Å². The van der Waals surface area contributed by atoms with E-state index in [1.165, 1.54) is 49.9 Å². The Morgan fingerprint density at radius 1 is 1.09 bits per heavy atom. The van der Waals surface area contributed by atoms with Crippen LogP contribution in [0.25, 0.3) is 0 Å². The van der Waals surface area contributed by atoms with Crippen molar-refractivity contribution in [1.82, 2.24) is 34.7 Å². The van der Waals surface area contributed by atoms with Gasteiger partial charge in [-0.1, -0.05) is 0 Å². The third-order valence-corrected chi connectivity index (χ3v) is 5.52. The predicted molar refractivity (Wildman–Crippen MR) is 83.9 cm³/mol. The van der Waals surface area contributed by atoms with E-state index in [0.717, 1.165) is 31.9 Å². The highest BCUT2D eigenvalue weighted by molar-refractivity contribution is 5.17. The number of nitrogens with zero attached hydrogens (tertiary/aromatic N) is 7. The number of aryl methyl sites for hydroxylation is 1. The molecule has 7 heteroatoms. The fourth-order valence-electron chi connectivity index (χ4n) is 4.11. The van der Waals surface area contributed by atoms with Crippen molar-refractivity contribution >= 4 is 0 Å². The highest BCUT2D eigenvalue weighted by atomic mass is 15.6. The maximum absolute atomic E-state index is 4.66. The lowest BCUT2D eigenvalue weighted by Crippen LogP contribution is -2.24. The minimum Gasteiger partial charge on any atom is -0.330 e. The fraction of sp³-hybridized carbons (Fsp3) is 0.750. The number of tetrazole rings is 1. The second-order valence-corrected chi connectivity index (χ2v) is 7.20.